The third-order valence-electron chi connectivity index (χ3n) is 7.08. The van der Waals surface area contributed by atoms with Gasteiger partial charge in [0.25, 0.3) is 0 Å². The number of aliphatic hydroxyl groups excluding tert-OH is 1. The normalized spacial score (nSPS) is 17.9. The summed E-state index contributed by atoms with van der Waals surface area (Å²) in [5.41, 5.74) is 2.17. The highest BCUT2D eigenvalue weighted by Crippen LogP contribution is 2.34. The van der Waals surface area contributed by atoms with Crippen molar-refractivity contribution in [1.29, 1.82) is 0 Å². The Balaban J connectivity index is 1.20. The van der Waals surface area contributed by atoms with E-state index in [0.717, 1.165) is 36.9 Å². The molecule has 2 atom stereocenters. The number of hydrogen-bond acceptors (Lipinski definition) is 6. The molecule has 5 rings (SSSR count). The molecule has 0 saturated heterocycles. The van der Waals surface area contributed by atoms with Crippen molar-refractivity contribution in [1.82, 2.24) is 9.80 Å². The standard InChI is InChI=1S/C30H35FN2O4S/c31-24-7-4-8-26(15-24)37-21-28-27-12-14-38-29(27)11-13-33(28)30(35)18-32(16-22-9-10-22)17-25(34)20-36-19-23-5-2-1-3-6-23/h1-8,12,14-15,22,25,28,34H,9-11,13,16-21H2/t25-,28-/m0/s1. The van der Waals surface area contributed by atoms with Gasteiger partial charge in [0, 0.05) is 30.6 Å². The molecular formula is C30H35FN2O4S. The van der Waals surface area contributed by atoms with E-state index in [-0.39, 0.29) is 37.5 Å². The molecule has 3 aromatic rings. The van der Waals surface area contributed by atoms with Crippen molar-refractivity contribution in [2.24, 2.45) is 5.92 Å². The van der Waals surface area contributed by atoms with Gasteiger partial charge in [0.1, 0.15) is 18.2 Å². The van der Waals surface area contributed by atoms with E-state index in [4.69, 9.17) is 9.47 Å². The van der Waals surface area contributed by atoms with Crippen molar-refractivity contribution in [3.63, 3.8) is 0 Å². The zero-order valence-electron chi connectivity index (χ0n) is 21.5. The molecule has 0 bridgehead atoms. The van der Waals surface area contributed by atoms with Gasteiger partial charge in [-0.3, -0.25) is 9.69 Å². The van der Waals surface area contributed by atoms with Crippen molar-refractivity contribution in [2.75, 3.05) is 39.4 Å². The summed E-state index contributed by atoms with van der Waals surface area (Å²) in [5, 5.41) is 12.8. The number of rotatable bonds is 13. The van der Waals surface area contributed by atoms with Gasteiger partial charge in [0.2, 0.25) is 5.91 Å². The molecule has 1 aromatic heterocycles. The van der Waals surface area contributed by atoms with Crippen LogP contribution in [0.1, 0.15) is 34.9 Å². The van der Waals surface area contributed by atoms with E-state index in [9.17, 15) is 14.3 Å². The predicted molar refractivity (Wildman–Crippen MR) is 146 cm³/mol. The number of benzene rings is 2. The number of thiophene rings is 1. The summed E-state index contributed by atoms with van der Waals surface area (Å²) in [6.45, 7) is 2.96. The minimum Gasteiger partial charge on any atom is -0.491 e. The molecule has 0 unspecified atom stereocenters. The first-order chi connectivity index (χ1) is 18.5. The van der Waals surface area contributed by atoms with E-state index in [1.807, 2.05) is 35.2 Å². The lowest BCUT2D eigenvalue weighted by atomic mass is 10.0. The quantitative estimate of drug-likeness (QED) is 0.342. The zero-order valence-corrected chi connectivity index (χ0v) is 22.3. The fraction of sp³-hybridized carbons (Fsp3) is 0.433. The smallest absolute Gasteiger partial charge is 0.237 e. The first-order valence-electron chi connectivity index (χ1n) is 13.3. The Morgan fingerprint density at radius 2 is 2.00 bits per heavy atom. The van der Waals surface area contributed by atoms with Crippen LogP contribution in [0.5, 0.6) is 5.75 Å². The SMILES string of the molecule is O=C(CN(CC1CC1)C[C@H](O)COCc1ccccc1)N1CCc2sccc2[C@@H]1COc1cccc(F)c1. The Kier molecular flexibility index (Phi) is 9.06. The van der Waals surface area contributed by atoms with Gasteiger partial charge in [-0.2, -0.15) is 0 Å². The van der Waals surface area contributed by atoms with Crippen LogP contribution >= 0.6 is 11.3 Å². The van der Waals surface area contributed by atoms with Crippen molar-refractivity contribution in [3.05, 3.63) is 87.9 Å². The molecule has 38 heavy (non-hydrogen) atoms. The average Bonchev–Trinajstić information content (AvgIpc) is 3.59. The molecule has 2 aliphatic rings. The third-order valence-corrected chi connectivity index (χ3v) is 8.08. The lowest BCUT2D eigenvalue weighted by Crippen LogP contribution is -2.48. The summed E-state index contributed by atoms with van der Waals surface area (Å²) in [5.74, 6) is 0.705. The number of hydrogen-bond donors (Lipinski definition) is 1. The van der Waals surface area contributed by atoms with Crippen LogP contribution in [-0.2, 0) is 22.6 Å². The maximum atomic E-state index is 13.7. The molecule has 0 radical (unpaired) electrons. The van der Waals surface area contributed by atoms with E-state index in [2.05, 4.69) is 16.3 Å². The Morgan fingerprint density at radius 3 is 2.79 bits per heavy atom. The van der Waals surface area contributed by atoms with Crippen molar-refractivity contribution >= 4 is 17.2 Å². The van der Waals surface area contributed by atoms with Crippen LogP contribution < -0.4 is 4.74 Å². The van der Waals surface area contributed by atoms with Crippen LogP contribution in [-0.4, -0.2) is 66.3 Å². The highest BCUT2D eigenvalue weighted by Gasteiger charge is 2.34. The molecule has 1 aliphatic carbocycles. The van der Waals surface area contributed by atoms with E-state index < -0.39 is 6.10 Å². The number of carbonyl (C=O) groups is 1. The van der Waals surface area contributed by atoms with Crippen LogP contribution in [0.4, 0.5) is 4.39 Å². The number of nitrogens with zero attached hydrogens (tertiary/aromatic N) is 2. The van der Waals surface area contributed by atoms with Crippen LogP contribution in [0.2, 0.25) is 0 Å². The fourth-order valence-electron chi connectivity index (χ4n) is 5.00. The second-order valence-corrected chi connectivity index (χ2v) is 11.2. The molecule has 1 saturated carbocycles. The second-order valence-electron chi connectivity index (χ2n) is 10.2. The van der Waals surface area contributed by atoms with Gasteiger partial charge in [0.05, 0.1) is 31.9 Å². The van der Waals surface area contributed by atoms with Crippen LogP contribution in [0.15, 0.2) is 66.0 Å². The molecule has 2 heterocycles. The van der Waals surface area contributed by atoms with Crippen LogP contribution in [0.25, 0.3) is 0 Å². The maximum Gasteiger partial charge on any atom is 0.237 e. The largest absolute Gasteiger partial charge is 0.491 e. The maximum absolute atomic E-state index is 13.7. The van der Waals surface area contributed by atoms with Gasteiger partial charge >= 0.3 is 0 Å². The van der Waals surface area contributed by atoms with Gasteiger partial charge in [-0.15, -0.1) is 11.3 Å². The molecule has 0 spiro atoms. The first kappa shape index (κ1) is 26.8. The topological polar surface area (TPSA) is 62.2 Å². The summed E-state index contributed by atoms with van der Waals surface area (Å²) in [4.78, 5) is 18.9. The highest BCUT2D eigenvalue weighted by atomic mass is 32.1. The predicted octanol–water partition coefficient (Wildman–Crippen LogP) is 4.68. The van der Waals surface area contributed by atoms with Gasteiger partial charge in [-0.25, -0.2) is 4.39 Å². The Morgan fingerprint density at radius 1 is 1.16 bits per heavy atom. The van der Waals surface area contributed by atoms with Gasteiger partial charge in [0.15, 0.2) is 0 Å². The Bertz CT molecular complexity index is 1190. The summed E-state index contributed by atoms with van der Waals surface area (Å²) in [7, 11) is 0. The summed E-state index contributed by atoms with van der Waals surface area (Å²) >= 11 is 1.70. The monoisotopic (exact) mass is 538 g/mol. The van der Waals surface area contributed by atoms with E-state index in [0.29, 0.717) is 31.4 Å². The minimum atomic E-state index is -0.679. The number of aliphatic hydroxyl groups is 1. The molecule has 2 aromatic carbocycles. The summed E-state index contributed by atoms with van der Waals surface area (Å²) in [6, 6.07) is 17.8. The fourth-order valence-corrected chi connectivity index (χ4v) is 5.92. The molecule has 202 valence electrons. The molecule has 1 amide bonds. The average molecular weight is 539 g/mol. The summed E-state index contributed by atoms with van der Waals surface area (Å²) in [6.07, 6.45) is 2.46. The molecule has 1 aliphatic heterocycles. The van der Waals surface area contributed by atoms with E-state index >= 15 is 0 Å². The van der Waals surface area contributed by atoms with Gasteiger partial charge in [-0.1, -0.05) is 36.4 Å². The van der Waals surface area contributed by atoms with Crippen molar-refractivity contribution in [2.45, 2.75) is 38.0 Å². The lowest BCUT2D eigenvalue weighted by molar-refractivity contribution is -0.136. The zero-order chi connectivity index (χ0) is 26.3. The van der Waals surface area contributed by atoms with Crippen LogP contribution in [0.3, 0.4) is 0 Å². The molecule has 8 heteroatoms. The number of halogens is 1. The molecule has 1 N–H and O–H groups in total. The molecule has 6 nitrogen and oxygen atoms in total. The van der Waals surface area contributed by atoms with Gasteiger partial charge < -0.3 is 19.5 Å². The van der Waals surface area contributed by atoms with E-state index in [1.54, 1.807) is 23.5 Å². The Hall–Kier alpha value is -2.78. The molecule has 1 fully saturated rings. The van der Waals surface area contributed by atoms with Gasteiger partial charge in [-0.05, 0) is 59.9 Å². The van der Waals surface area contributed by atoms with Crippen molar-refractivity contribution in [3.8, 4) is 5.75 Å². The third kappa shape index (κ3) is 7.41. The number of carbonyl (C=O) groups excluding carboxylic acids is 1. The Labute approximate surface area is 227 Å². The first-order valence-corrected chi connectivity index (χ1v) is 14.2. The van der Waals surface area contributed by atoms with Crippen molar-refractivity contribution < 1.29 is 23.8 Å². The summed E-state index contributed by atoms with van der Waals surface area (Å²) < 4.78 is 25.4. The second kappa shape index (κ2) is 12.8. The minimum absolute atomic E-state index is 0.0211. The lowest BCUT2D eigenvalue weighted by Gasteiger charge is -2.37. The number of ether oxygens (including phenoxy) is 2. The highest BCUT2D eigenvalue weighted by molar-refractivity contribution is 7.10. The molecular weight excluding hydrogens is 503 g/mol. The van der Waals surface area contributed by atoms with E-state index in [1.165, 1.54) is 17.0 Å². The number of amides is 1. The van der Waals surface area contributed by atoms with Crippen LogP contribution in [0, 0.1) is 11.7 Å². The number of fused-ring (bicyclic) bond motifs is 1.